The highest BCUT2D eigenvalue weighted by atomic mass is 19.1. The van der Waals surface area contributed by atoms with E-state index >= 15 is 0 Å². The molecule has 2 heterocycles. The van der Waals surface area contributed by atoms with Crippen LogP contribution in [-0.4, -0.2) is 36.6 Å². The van der Waals surface area contributed by atoms with Crippen LogP contribution in [0, 0.1) is 5.82 Å². The van der Waals surface area contributed by atoms with Crippen molar-refractivity contribution < 1.29 is 13.9 Å². The maximum atomic E-state index is 13.1. The van der Waals surface area contributed by atoms with Crippen molar-refractivity contribution in [1.82, 2.24) is 10.3 Å². The van der Waals surface area contributed by atoms with Gasteiger partial charge in [-0.2, -0.15) is 0 Å². The minimum absolute atomic E-state index is 0.0596. The highest BCUT2D eigenvalue weighted by Gasteiger charge is 2.22. The van der Waals surface area contributed by atoms with Gasteiger partial charge >= 0.3 is 0 Å². The number of ether oxygens (including phenoxy) is 1. The first-order valence-corrected chi connectivity index (χ1v) is 8.04. The van der Waals surface area contributed by atoms with Crippen LogP contribution in [0.25, 0.3) is 0 Å². The zero-order valence-corrected chi connectivity index (χ0v) is 13.3. The molecule has 5 nitrogen and oxygen atoms in total. The molecule has 0 radical (unpaired) electrons. The number of rotatable bonds is 5. The fraction of sp³-hybridized carbons (Fsp3) is 0.333. The molecule has 126 valence electrons. The second-order valence-electron chi connectivity index (χ2n) is 5.79. The molecule has 0 aliphatic carbocycles. The molecular formula is C18H20FN3O2. The Labute approximate surface area is 140 Å². The minimum Gasteiger partial charge on any atom is -0.484 e. The van der Waals surface area contributed by atoms with E-state index in [0.717, 1.165) is 31.7 Å². The summed E-state index contributed by atoms with van der Waals surface area (Å²) in [5, 5.41) is 2.98. The number of anilines is 1. The van der Waals surface area contributed by atoms with Crippen molar-refractivity contribution in [1.29, 1.82) is 0 Å². The Hall–Kier alpha value is -2.63. The number of carbonyl (C=O) groups is 1. The van der Waals surface area contributed by atoms with Gasteiger partial charge in [-0.15, -0.1) is 0 Å². The van der Waals surface area contributed by atoms with Crippen molar-refractivity contribution in [2.45, 2.75) is 18.9 Å². The number of halogens is 1. The SMILES string of the molecule is O=C(COc1cccc(F)c1)NC1CCCN(c2ccccn2)C1. The molecule has 0 saturated carbocycles. The summed E-state index contributed by atoms with van der Waals surface area (Å²) in [6, 6.07) is 11.6. The topological polar surface area (TPSA) is 54.5 Å². The van der Waals surface area contributed by atoms with Crippen molar-refractivity contribution in [3.63, 3.8) is 0 Å². The highest BCUT2D eigenvalue weighted by molar-refractivity contribution is 5.78. The number of hydrogen-bond donors (Lipinski definition) is 1. The molecule has 1 aliphatic heterocycles. The number of hydrogen-bond acceptors (Lipinski definition) is 4. The van der Waals surface area contributed by atoms with Gasteiger partial charge in [-0.25, -0.2) is 9.37 Å². The van der Waals surface area contributed by atoms with Crippen LogP contribution >= 0.6 is 0 Å². The van der Waals surface area contributed by atoms with Gasteiger partial charge in [-0.1, -0.05) is 12.1 Å². The molecular weight excluding hydrogens is 309 g/mol. The van der Waals surface area contributed by atoms with Crippen molar-refractivity contribution in [2.24, 2.45) is 0 Å². The quantitative estimate of drug-likeness (QED) is 0.915. The number of aromatic nitrogens is 1. The first-order chi connectivity index (χ1) is 11.7. The Morgan fingerprint density at radius 2 is 2.25 bits per heavy atom. The molecule has 1 aromatic heterocycles. The zero-order valence-electron chi connectivity index (χ0n) is 13.3. The van der Waals surface area contributed by atoms with E-state index in [4.69, 9.17) is 4.74 Å². The summed E-state index contributed by atoms with van der Waals surface area (Å²) in [6.45, 7) is 1.54. The molecule has 1 unspecified atom stereocenters. The summed E-state index contributed by atoms with van der Waals surface area (Å²) in [5.41, 5.74) is 0. The molecule has 1 N–H and O–H groups in total. The second kappa shape index (κ2) is 7.77. The zero-order chi connectivity index (χ0) is 16.8. The molecule has 3 rings (SSSR count). The Kier molecular flexibility index (Phi) is 5.25. The molecule has 1 amide bonds. The molecule has 1 saturated heterocycles. The van der Waals surface area contributed by atoms with E-state index in [1.165, 1.54) is 12.1 Å². The minimum atomic E-state index is -0.383. The number of benzene rings is 1. The van der Waals surface area contributed by atoms with Gasteiger partial charge in [0.1, 0.15) is 17.4 Å². The average molecular weight is 329 g/mol. The van der Waals surface area contributed by atoms with Gasteiger partial charge < -0.3 is 15.0 Å². The van der Waals surface area contributed by atoms with Crippen molar-refractivity contribution in [2.75, 3.05) is 24.6 Å². The van der Waals surface area contributed by atoms with Crippen molar-refractivity contribution >= 4 is 11.7 Å². The number of amides is 1. The molecule has 1 aliphatic rings. The fourth-order valence-corrected chi connectivity index (χ4v) is 2.82. The standard InChI is InChI=1S/C18H20FN3O2/c19-14-5-3-7-16(11-14)24-13-18(23)21-15-6-4-10-22(12-15)17-8-1-2-9-20-17/h1-3,5,7-9,11,15H,4,6,10,12-13H2,(H,21,23). The lowest BCUT2D eigenvalue weighted by Gasteiger charge is -2.33. The van der Waals surface area contributed by atoms with Gasteiger partial charge in [0, 0.05) is 31.4 Å². The Bertz CT molecular complexity index is 681. The molecule has 6 heteroatoms. The Morgan fingerprint density at radius 3 is 3.04 bits per heavy atom. The summed E-state index contributed by atoms with van der Waals surface area (Å²) in [4.78, 5) is 18.6. The number of carbonyl (C=O) groups excluding carboxylic acids is 1. The maximum Gasteiger partial charge on any atom is 0.258 e. The van der Waals surface area contributed by atoms with E-state index in [2.05, 4.69) is 15.2 Å². The van der Waals surface area contributed by atoms with Gasteiger partial charge in [0.15, 0.2) is 6.61 Å². The second-order valence-corrected chi connectivity index (χ2v) is 5.79. The molecule has 2 aromatic rings. The first kappa shape index (κ1) is 16.2. The van der Waals surface area contributed by atoms with Crippen LogP contribution in [0.3, 0.4) is 0 Å². The number of pyridine rings is 1. The Balaban J connectivity index is 1.49. The average Bonchev–Trinajstić information content (AvgIpc) is 2.61. The molecule has 0 bridgehead atoms. The van der Waals surface area contributed by atoms with Crippen LogP contribution in [-0.2, 0) is 4.79 Å². The third-order valence-corrected chi connectivity index (χ3v) is 3.93. The third-order valence-electron chi connectivity index (χ3n) is 3.93. The summed E-state index contributed by atoms with van der Waals surface area (Å²) in [6.07, 6.45) is 3.69. The summed E-state index contributed by atoms with van der Waals surface area (Å²) < 4.78 is 18.4. The fourth-order valence-electron chi connectivity index (χ4n) is 2.82. The van der Waals surface area contributed by atoms with Gasteiger partial charge in [0.25, 0.3) is 5.91 Å². The lowest BCUT2D eigenvalue weighted by molar-refractivity contribution is -0.123. The van der Waals surface area contributed by atoms with E-state index in [1.54, 1.807) is 18.3 Å². The van der Waals surface area contributed by atoms with Crippen LogP contribution in [0.1, 0.15) is 12.8 Å². The monoisotopic (exact) mass is 329 g/mol. The third kappa shape index (κ3) is 4.44. The highest BCUT2D eigenvalue weighted by Crippen LogP contribution is 2.17. The largest absolute Gasteiger partial charge is 0.484 e. The van der Waals surface area contributed by atoms with Crippen molar-refractivity contribution in [3.05, 3.63) is 54.5 Å². The van der Waals surface area contributed by atoms with Crippen LogP contribution in [0.2, 0.25) is 0 Å². The Morgan fingerprint density at radius 1 is 1.33 bits per heavy atom. The van der Waals surface area contributed by atoms with Crippen LogP contribution in [0.4, 0.5) is 10.2 Å². The summed E-state index contributed by atoms with van der Waals surface area (Å²) in [5.74, 6) is 0.690. The number of piperidine rings is 1. The van der Waals surface area contributed by atoms with Gasteiger partial charge in [-0.3, -0.25) is 4.79 Å². The molecule has 1 fully saturated rings. The van der Waals surface area contributed by atoms with Gasteiger partial charge in [0.05, 0.1) is 0 Å². The van der Waals surface area contributed by atoms with Crippen LogP contribution in [0.5, 0.6) is 5.75 Å². The number of nitrogens with zero attached hydrogens (tertiary/aromatic N) is 2. The van der Waals surface area contributed by atoms with E-state index in [-0.39, 0.29) is 24.4 Å². The molecule has 24 heavy (non-hydrogen) atoms. The summed E-state index contributed by atoms with van der Waals surface area (Å²) in [7, 11) is 0. The van der Waals surface area contributed by atoms with Crippen LogP contribution < -0.4 is 15.0 Å². The molecule has 1 aromatic carbocycles. The van der Waals surface area contributed by atoms with Gasteiger partial charge in [-0.05, 0) is 37.1 Å². The summed E-state index contributed by atoms with van der Waals surface area (Å²) >= 11 is 0. The van der Waals surface area contributed by atoms with E-state index in [9.17, 15) is 9.18 Å². The van der Waals surface area contributed by atoms with Gasteiger partial charge in [0.2, 0.25) is 0 Å². The molecule has 1 atom stereocenters. The first-order valence-electron chi connectivity index (χ1n) is 8.04. The van der Waals surface area contributed by atoms with E-state index in [1.807, 2.05) is 18.2 Å². The number of nitrogens with one attached hydrogen (secondary N) is 1. The van der Waals surface area contributed by atoms with Crippen LogP contribution in [0.15, 0.2) is 48.7 Å². The predicted octanol–water partition coefficient (Wildman–Crippen LogP) is 2.38. The van der Waals surface area contributed by atoms with Crippen molar-refractivity contribution in [3.8, 4) is 5.75 Å². The lowest BCUT2D eigenvalue weighted by atomic mass is 10.1. The molecule has 0 spiro atoms. The van der Waals surface area contributed by atoms with E-state index < -0.39 is 0 Å². The predicted molar refractivity (Wildman–Crippen MR) is 89.5 cm³/mol. The van der Waals surface area contributed by atoms with E-state index in [0.29, 0.717) is 5.75 Å². The normalized spacial score (nSPS) is 17.4. The smallest absolute Gasteiger partial charge is 0.258 e. The lowest BCUT2D eigenvalue weighted by Crippen LogP contribution is -2.49. The maximum absolute atomic E-state index is 13.1.